The molecule has 0 atom stereocenters. The second-order valence-electron chi connectivity index (χ2n) is 4.05. The van der Waals surface area contributed by atoms with E-state index in [1.165, 1.54) is 0 Å². The number of nitrogens with zero attached hydrogens (tertiary/aromatic N) is 2. The van der Waals surface area contributed by atoms with E-state index in [2.05, 4.69) is 4.98 Å². The van der Waals surface area contributed by atoms with Gasteiger partial charge in [-0.3, -0.25) is 4.40 Å². The van der Waals surface area contributed by atoms with Crippen LogP contribution < -0.4 is 4.74 Å². The highest BCUT2D eigenvalue weighted by atomic mass is 35.5. The highest BCUT2D eigenvalue weighted by Crippen LogP contribution is 2.29. The molecule has 0 aliphatic heterocycles. The van der Waals surface area contributed by atoms with Crippen LogP contribution in [-0.2, 0) is 0 Å². The molecule has 2 aromatic heterocycles. The number of imidazole rings is 1. The van der Waals surface area contributed by atoms with Gasteiger partial charge < -0.3 is 4.74 Å². The standard InChI is InChI=1S/C14H10Cl2N2O/c1-19-14-4-2-3-13-17-12(8-18(13)14)9-5-6-10(15)11(16)7-9/h2-8H,1H3. The SMILES string of the molecule is COc1cccc2nc(-c3ccc(Cl)c(Cl)c3)cn12. The van der Waals surface area contributed by atoms with Gasteiger partial charge in [-0.2, -0.15) is 0 Å². The van der Waals surface area contributed by atoms with E-state index in [4.69, 9.17) is 27.9 Å². The van der Waals surface area contributed by atoms with Crippen molar-refractivity contribution in [3.8, 4) is 17.1 Å². The van der Waals surface area contributed by atoms with Crippen molar-refractivity contribution in [1.82, 2.24) is 9.38 Å². The average Bonchev–Trinajstić information content (AvgIpc) is 2.85. The van der Waals surface area contributed by atoms with E-state index in [0.717, 1.165) is 22.8 Å². The fourth-order valence-corrected chi connectivity index (χ4v) is 2.24. The van der Waals surface area contributed by atoms with Gasteiger partial charge in [0.25, 0.3) is 0 Å². The van der Waals surface area contributed by atoms with Crippen LogP contribution in [0, 0.1) is 0 Å². The summed E-state index contributed by atoms with van der Waals surface area (Å²) in [5.41, 5.74) is 2.56. The number of hydrogen-bond donors (Lipinski definition) is 0. The Morgan fingerprint density at radius 2 is 1.95 bits per heavy atom. The van der Waals surface area contributed by atoms with Crippen LogP contribution in [0.3, 0.4) is 0 Å². The highest BCUT2D eigenvalue weighted by Gasteiger charge is 2.08. The van der Waals surface area contributed by atoms with E-state index in [1.807, 2.05) is 34.9 Å². The van der Waals surface area contributed by atoms with Gasteiger partial charge in [-0.1, -0.05) is 35.3 Å². The predicted molar refractivity (Wildman–Crippen MR) is 77.2 cm³/mol. The second kappa shape index (κ2) is 4.76. The fourth-order valence-electron chi connectivity index (χ4n) is 1.95. The first-order valence-electron chi connectivity index (χ1n) is 5.66. The molecule has 3 rings (SSSR count). The Labute approximate surface area is 120 Å². The summed E-state index contributed by atoms with van der Waals surface area (Å²) in [6.45, 7) is 0. The highest BCUT2D eigenvalue weighted by molar-refractivity contribution is 6.42. The van der Waals surface area contributed by atoms with Crippen LogP contribution in [0.1, 0.15) is 0 Å². The number of pyridine rings is 1. The zero-order chi connectivity index (χ0) is 13.4. The maximum Gasteiger partial charge on any atom is 0.198 e. The van der Waals surface area contributed by atoms with Gasteiger partial charge in [0, 0.05) is 11.8 Å². The van der Waals surface area contributed by atoms with Crippen LogP contribution in [0.5, 0.6) is 5.88 Å². The molecular formula is C14H10Cl2N2O. The summed E-state index contributed by atoms with van der Waals surface area (Å²) >= 11 is 11.9. The Morgan fingerprint density at radius 3 is 2.68 bits per heavy atom. The van der Waals surface area contributed by atoms with Gasteiger partial charge in [0.05, 0.1) is 22.8 Å². The summed E-state index contributed by atoms with van der Waals surface area (Å²) in [6.07, 6.45) is 1.91. The van der Waals surface area contributed by atoms with Gasteiger partial charge in [0.15, 0.2) is 5.88 Å². The molecule has 0 unspecified atom stereocenters. The zero-order valence-electron chi connectivity index (χ0n) is 10.1. The first kappa shape index (κ1) is 12.3. The number of fused-ring (bicyclic) bond motifs is 1. The lowest BCUT2D eigenvalue weighted by Crippen LogP contribution is -1.91. The molecule has 0 spiro atoms. The molecular weight excluding hydrogens is 283 g/mol. The molecule has 19 heavy (non-hydrogen) atoms. The normalized spacial score (nSPS) is 10.9. The van der Waals surface area contributed by atoms with Crippen molar-refractivity contribution in [3.05, 3.63) is 52.6 Å². The monoisotopic (exact) mass is 292 g/mol. The van der Waals surface area contributed by atoms with Crippen LogP contribution in [0.2, 0.25) is 10.0 Å². The molecule has 0 aliphatic rings. The lowest BCUT2D eigenvalue weighted by atomic mass is 10.2. The molecule has 0 N–H and O–H groups in total. The van der Waals surface area contributed by atoms with Gasteiger partial charge in [-0.25, -0.2) is 4.98 Å². The fraction of sp³-hybridized carbons (Fsp3) is 0.0714. The van der Waals surface area contributed by atoms with Gasteiger partial charge in [0.1, 0.15) is 5.65 Å². The third-order valence-electron chi connectivity index (χ3n) is 2.88. The molecule has 5 heteroatoms. The van der Waals surface area contributed by atoms with Crippen LogP contribution in [0.25, 0.3) is 16.9 Å². The third-order valence-corrected chi connectivity index (χ3v) is 3.62. The minimum absolute atomic E-state index is 0.517. The number of halogens is 2. The number of rotatable bonds is 2. The zero-order valence-corrected chi connectivity index (χ0v) is 11.6. The summed E-state index contributed by atoms with van der Waals surface area (Å²) in [5, 5.41) is 1.05. The Bertz CT molecular complexity index is 752. The number of hydrogen-bond acceptors (Lipinski definition) is 2. The molecule has 96 valence electrons. The van der Waals surface area contributed by atoms with E-state index in [0.29, 0.717) is 10.0 Å². The summed E-state index contributed by atoms with van der Waals surface area (Å²) < 4.78 is 7.18. The summed E-state index contributed by atoms with van der Waals surface area (Å²) in [5.74, 6) is 0.733. The molecule has 3 aromatic rings. The smallest absolute Gasteiger partial charge is 0.198 e. The summed E-state index contributed by atoms with van der Waals surface area (Å²) in [7, 11) is 1.63. The molecule has 0 aliphatic carbocycles. The quantitative estimate of drug-likeness (QED) is 0.703. The average molecular weight is 293 g/mol. The topological polar surface area (TPSA) is 26.5 Å². The molecule has 0 saturated heterocycles. The number of methoxy groups -OCH3 is 1. The minimum atomic E-state index is 0.517. The summed E-state index contributed by atoms with van der Waals surface area (Å²) in [6, 6.07) is 11.2. The Balaban J connectivity index is 2.17. The van der Waals surface area contributed by atoms with Crippen molar-refractivity contribution < 1.29 is 4.74 Å². The predicted octanol–water partition coefficient (Wildman–Crippen LogP) is 4.32. The van der Waals surface area contributed by atoms with Crippen molar-refractivity contribution >= 4 is 28.8 Å². The van der Waals surface area contributed by atoms with Crippen LogP contribution in [-0.4, -0.2) is 16.5 Å². The molecule has 0 saturated carbocycles. The number of aromatic nitrogens is 2. The van der Waals surface area contributed by atoms with Crippen molar-refractivity contribution in [2.75, 3.05) is 7.11 Å². The minimum Gasteiger partial charge on any atom is -0.482 e. The number of benzene rings is 1. The molecule has 3 nitrogen and oxygen atoms in total. The van der Waals surface area contributed by atoms with Crippen molar-refractivity contribution in [1.29, 1.82) is 0 Å². The first-order chi connectivity index (χ1) is 9.19. The Morgan fingerprint density at radius 1 is 1.11 bits per heavy atom. The largest absolute Gasteiger partial charge is 0.482 e. The van der Waals surface area contributed by atoms with Gasteiger partial charge in [-0.05, 0) is 24.3 Å². The van der Waals surface area contributed by atoms with E-state index >= 15 is 0 Å². The van der Waals surface area contributed by atoms with Gasteiger partial charge in [0.2, 0.25) is 0 Å². The lowest BCUT2D eigenvalue weighted by molar-refractivity contribution is 0.392. The van der Waals surface area contributed by atoms with Gasteiger partial charge in [-0.15, -0.1) is 0 Å². The van der Waals surface area contributed by atoms with Crippen molar-refractivity contribution in [2.24, 2.45) is 0 Å². The Kier molecular flexibility index (Phi) is 3.09. The maximum atomic E-state index is 6.03. The van der Waals surface area contributed by atoms with E-state index in [1.54, 1.807) is 19.2 Å². The first-order valence-corrected chi connectivity index (χ1v) is 6.42. The van der Waals surface area contributed by atoms with Crippen molar-refractivity contribution in [3.63, 3.8) is 0 Å². The van der Waals surface area contributed by atoms with E-state index < -0.39 is 0 Å². The number of ether oxygens (including phenoxy) is 1. The van der Waals surface area contributed by atoms with Crippen molar-refractivity contribution in [2.45, 2.75) is 0 Å². The molecule has 2 heterocycles. The van der Waals surface area contributed by atoms with Crippen LogP contribution in [0.15, 0.2) is 42.6 Å². The molecule has 1 aromatic carbocycles. The van der Waals surface area contributed by atoms with Gasteiger partial charge >= 0.3 is 0 Å². The second-order valence-corrected chi connectivity index (χ2v) is 4.87. The molecule has 0 fully saturated rings. The molecule has 0 bridgehead atoms. The molecule has 0 amide bonds. The lowest BCUT2D eigenvalue weighted by Gasteiger charge is -2.01. The summed E-state index contributed by atoms with van der Waals surface area (Å²) in [4.78, 5) is 4.54. The Hall–Kier alpha value is -1.71. The van der Waals surface area contributed by atoms with Crippen LogP contribution >= 0.6 is 23.2 Å². The van der Waals surface area contributed by atoms with E-state index in [9.17, 15) is 0 Å². The third kappa shape index (κ3) is 2.15. The maximum absolute atomic E-state index is 6.03. The molecule has 0 radical (unpaired) electrons. The van der Waals surface area contributed by atoms with Crippen LogP contribution in [0.4, 0.5) is 0 Å². The van der Waals surface area contributed by atoms with E-state index in [-0.39, 0.29) is 0 Å².